The summed E-state index contributed by atoms with van der Waals surface area (Å²) in [5.74, 6) is -0.345. The van der Waals surface area contributed by atoms with Crippen LogP contribution in [0.2, 0.25) is 0 Å². The Morgan fingerprint density at radius 3 is 2.40 bits per heavy atom. The van der Waals surface area contributed by atoms with Crippen molar-refractivity contribution in [3.63, 3.8) is 0 Å². The Balaban J connectivity index is 1.55. The van der Waals surface area contributed by atoms with Crippen molar-refractivity contribution in [3.8, 4) is 0 Å². The predicted octanol–water partition coefficient (Wildman–Crippen LogP) is 6.70. The molecule has 0 atom stereocenters. The maximum Gasteiger partial charge on any atom is 0.269 e. The summed E-state index contributed by atoms with van der Waals surface area (Å²) in [5.41, 5.74) is 5.22. The van der Waals surface area contributed by atoms with Crippen LogP contribution in [-0.2, 0) is 20.9 Å². The van der Waals surface area contributed by atoms with Gasteiger partial charge in [-0.1, -0.05) is 72.4 Å². The minimum Gasteiger partial charge on any atom is -0.384 e. The van der Waals surface area contributed by atoms with Crippen molar-refractivity contribution in [2.45, 2.75) is 20.4 Å². The number of nitrogens with one attached hydrogen (secondary N) is 2. The molecule has 1 saturated heterocycles. The van der Waals surface area contributed by atoms with E-state index in [2.05, 4.69) is 34.6 Å². The third-order valence-electron chi connectivity index (χ3n) is 6.65. The van der Waals surface area contributed by atoms with E-state index in [4.69, 9.17) is 9.73 Å². The van der Waals surface area contributed by atoms with Gasteiger partial charge in [-0.3, -0.25) is 14.5 Å². The first-order chi connectivity index (χ1) is 20.4. The fourth-order valence-corrected chi connectivity index (χ4v) is 7.09. The van der Waals surface area contributed by atoms with E-state index in [9.17, 15) is 9.59 Å². The van der Waals surface area contributed by atoms with Gasteiger partial charge in [-0.2, -0.15) is 0 Å². The second kappa shape index (κ2) is 13.3. The number of ether oxygens (including phenoxy) is 1. The number of allylic oxidation sites excluding steroid dienone is 1. The van der Waals surface area contributed by atoms with E-state index in [1.165, 1.54) is 18.9 Å². The highest BCUT2D eigenvalue weighted by molar-refractivity contribution is 8.19. The molecule has 0 spiro atoms. The summed E-state index contributed by atoms with van der Waals surface area (Å²) in [4.78, 5) is 36.9. The molecule has 2 N–H and O–H groups in total. The molecule has 216 valence electrons. The molecule has 0 aliphatic carbocycles. The van der Waals surface area contributed by atoms with Crippen LogP contribution in [0.4, 0.5) is 17.1 Å². The zero-order valence-electron chi connectivity index (χ0n) is 24.0. The van der Waals surface area contributed by atoms with Crippen molar-refractivity contribution in [1.29, 1.82) is 0 Å². The Morgan fingerprint density at radius 1 is 1.00 bits per heavy atom. The summed E-state index contributed by atoms with van der Waals surface area (Å²) < 4.78 is 4.96. The molecule has 0 radical (unpaired) electrons. The minimum absolute atomic E-state index is 0.0471. The first-order valence-electron chi connectivity index (χ1n) is 13.6. The van der Waals surface area contributed by atoms with E-state index in [-0.39, 0.29) is 18.4 Å². The Hall–Kier alpha value is -3.99. The van der Waals surface area contributed by atoms with Gasteiger partial charge in [0.1, 0.15) is 11.5 Å². The lowest BCUT2D eigenvalue weighted by Crippen LogP contribution is -2.29. The van der Waals surface area contributed by atoms with E-state index in [0.29, 0.717) is 34.5 Å². The number of thioether (sulfide) groups is 2. The van der Waals surface area contributed by atoms with E-state index in [0.717, 1.165) is 32.4 Å². The molecule has 0 unspecified atom stereocenters. The maximum absolute atomic E-state index is 14.1. The van der Waals surface area contributed by atoms with Gasteiger partial charge in [0.05, 0.1) is 28.6 Å². The molecule has 3 aromatic rings. The third-order valence-corrected chi connectivity index (χ3v) is 9.02. The number of nitrogens with zero attached hydrogens (tertiary/aromatic N) is 3. The van der Waals surface area contributed by atoms with Crippen LogP contribution in [0.15, 0.2) is 98.7 Å². The number of amides is 2. The summed E-state index contributed by atoms with van der Waals surface area (Å²) in [6.07, 6.45) is 0. The van der Waals surface area contributed by atoms with Gasteiger partial charge in [-0.15, -0.1) is 0 Å². The molecular weight excluding hydrogens is 567 g/mol. The Labute approximate surface area is 254 Å². The average molecular weight is 600 g/mol. The molecule has 2 aliphatic heterocycles. The van der Waals surface area contributed by atoms with Crippen molar-refractivity contribution in [2.24, 2.45) is 4.99 Å². The Kier molecular flexibility index (Phi) is 9.36. The lowest BCUT2D eigenvalue weighted by molar-refractivity contribution is -0.122. The van der Waals surface area contributed by atoms with E-state index >= 15 is 0 Å². The molecule has 3 aromatic carbocycles. The summed E-state index contributed by atoms with van der Waals surface area (Å²) >= 11 is 2.99. The Bertz CT molecular complexity index is 1570. The van der Waals surface area contributed by atoms with Gasteiger partial charge in [-0.25, -0.2) is 4.99 Å². The summed E-state index contributed by atoms with van der Waals surface area (Å²) in [6, 6.07) is 25.6. The molecule has 0 bridgehead atoms. The number of benzene rings is 3. The van der Waals surface area contributed by atoms with E-state index in [1.54, 1.807) is 16.7 Å². The maximum atomic E-state index is 14.1. The van der Waals surface area contributed by atoms with Crippen LogP contribution in [0.1, 0.15) is 25.0 Å². The number of hydrogen-bond acceptors (Lipinski definition) is 8. The van der Waals surface area contributed by atoms with Gasteiger partial charge >= 0.3 is 0 Å². The quantitative estimate of drug-likeness (QED) is 0.265. The first-order valence-corrected chi connectivity index (χ1v) is 15.2. The molecular formula is C32H33N5O3S2. The number of hydrogen-bond donors (Lipinski definition) is 2. The highest BCUT2D eigenvalue weighted by atomic mass is 32.2. The fraction of sp³-hybridized carbons (Fsp3) is 0.219. The molecule has 2 aliphatic rings. The zero-order valence-corrected chi connectivity index (χ0v) is 25.6. The standard InChI is InChI=1S/C32H33N5O3S2/c1-5-33-25-17-16-24(34-27(38)20-40-4)18-26(25)35-32-37(19-22-12-8-6-9-13-22)30(39)29(42-32)31-36(3)28(21(2)41-31)23-14-10-7-11-15-23/h6-18,33H,5,19-20H2,1-4H3,(H,34,38)/b31-29-,35-32?. The van der Waals surface area contributed by atoms with E-state index < -0.39 is 0 Å². The van der Waals surface area contributed by atoms with Crippen molar-refractivity contribution >= 4 is 63.3 Å². The molecule has 0 saturated carbocycles. The number of anilines is 2. The van der Waals surface area contributed by atoms with Crippen LogP contribution in [0, 0.1) is 0 Å². The molecule has 2 heterocycles. The smallest absolute Gasteiger partial charge is 0.269 e. The van der Waals surface area contributed by atoms with Crippen LogP contribution < -0.4 is 10.6 Å². The first kappa shape index (κ1) is 29.5. The lowest BCUT2D eigenvalue weighted by Gasteiger charge is -2.19. The van der Waals surface area contributed by atoms with Crippen molar-refractivity contribution in [2.75, 3.05) is 37.9 Å². The largest absolute Gasteiger partial charge is 0.384 e. The lowest BCUT2D eigenvalue weighted by atomic mass is 10.1. The van der Waals surface area contributed by atoms with Gasteiger partial charge in [0.25, 0.3) is 5.91 Å². The molecule has 0 aromatic heterocycles. The molecule has 10 heteroatoms. The molecule has 1 fully saturated rings. The van der Waals surface area contributed by atoms with E-state index in [1.807, 2.05) is 80.7 Å². The highest BCUT2D eigenvalue weighted by Gasteiger charge is 2.39. The second-order valence-corrected chi connectivity index (χ2v) is 11.9. The fourth-order valence-electron chi connectivity index (χ4n) is 4.79. The number of carbonyl (C=O) groups excluding carboxylic acids is 2. The van der Waals surface area contributed by atoms with Gasteiger partial charge in [0.15, 0.2) is 5.17 Å². The number of carbonyl (C=O) groups is 2. The van der Waals surface area contributed by atoms with Crippen LogP contribution in [0.25, 0.3) is 5.70 Å². The second-order valence-electron chi connectivity index (χ2n) is 9.68. The number of amidine groups is 1. The normalized spacial score (nSPS) is 17.9. The topological polar surface area (TPSA) is 86.3 Å². The zero-order chi connectivity index (χ0) is 29.6. The third kappa shape index (κ3) is 6.41. The summed E-state index contributed by atoms with van der Waals surface area (Å²) in [6.45, 7) is 5.13. The SMILES string of the molecule is CCNc1ccc(NC(=O)COC)cc1N=C1S/C(=C2\SC(C)=C(c3ccccc3)N2C)C(=O)N1Cc1ccccc1. The van der Waals surface area contributed by atoms with Gasteiger partial charge < -0.3 is 20.3 Å². The summed E-state index contributed by atoms with van der Waals surface area (Å²) in [7, 11) is 3.49. The van der Waals surface area contributed by atoms with Gasteiger partial charge in [0, 0.05) is 31.3 Å². The van der Waals surface area contributed by atoms with Crippen molar-refractivity contribution < 1.29 is 14.3 Å². The van der Waals surface area contributed by atoms with Gasteiger partial charge in [0.2, 0.25) is 5.91 Å². The predicted molar refractivity (Wildman–Crippen MR) is 174 cm³/mol. The monoisotopic (exact) mass is 599 g/mol. The molecule has 2 amide bonds. The van der Waals surface area contributed by atoms with Crippen LogP contribution in [-0.4, -0.2) is 54.1 Å². The number of methoxy groups -OCH3 is 1. The highest BCUT2D eigenvalue weighted by Crippen LogP contribution is 2.50. The molecule has 8 nitrogen and oxygen atoms in total. The van der Waals surface area contributed by atoms with Gasteiger partial charge in [-0.05, 0) is 54.9 Å². The van der Waals surface area contributed by atoms with Crippen LogP contribution >= 0.6 is 23.5 Å². The molecule has 42 heavy (non-hydrogen) atoms. The van der Waals surface area contributed by atoms with Crippen LogP contribution in [0.5, 0.6) is 0 Å². The van der Waals surface area contributed by atoms with Crippen LogP contribution in [0.3, 0.4) is 0 Å². The molecule has 5 rings (SSSR count). The number of rotatable bonds is 9. The Morgan fingerprint density at radius 2 is 1.71 bits per heavy atom. The van der Waals surface area contributed by atoms with Crippen molar-refractivity contribution in [3.05, 3.63) is 105 Å². The number of aliphatic imine (C=N–C) groups is 1. The van der Waals surface area contributed by atoms with Crippen molar-refractivity contribution in [1.82, 2.24) is 9.80 Å². The minimum atomic E-state index is -0.256. The summed E-state index contributed by atoms with van der Waals surface area (Å²) in [5, 5.41) is 7.66. The average Bonchev–Trinajstić information content (AvgIpc) is 3.45.